The Balaban J connectivity index is 1.64. The second-order valence-electron chi connectivity index (χ2n) is 4.36. The first-order valence-corrected chi connectivity index (χ1v) is 6.41. The zero-order chi connectivity index (χ0) is 13.5. The van der Waals surface area contributed by atoms with Crippen molar-refractivity contribution in [1.29, 1.82) is 0 Å². The SMILES string of the molecule is CC1CN(C(=O)NCCNc2ncccn2)CCO1. The normalized spacial score (nSPS) is 19.0. The Labute approximate surface area is 112 Å². The predicted molar refractivity (Wildman–Crippen MR) is 70.9 cm³/mol. The average molecular weight is 265 g/mol. The van der Waals surface area contributed by atoms with Gasteiger partial charge in [0.1, 0.15) is 0 Å². The topological polar surface area (TPSA) is 79.4 Å². The number of aromatic nitrogens is 2. The van der Waals surface area contributed by atoms with Crippen LogP contribution < -0.4 is 10.6 Å². The summed E-state index contributed by atoms with van der Waals surface area (Å²) in [4.78, 5) is 21.7. The Morgan fingerprint density at radius 3 is 3.00 bits per heavy atom. The third-order valence-corrected chi connectivity index (χ3v) is 2.78. The lowest BCUT2D eigenvalue weighted by atomic mass is 10.3. The maximum Gasteiger partial charge on any atom is 0.317 e. The van der Waals surface area contributed by atoms with Crippen molar-refractivity contribution in [3.05, 3.63) is 18.5 Å². The Bertz CT molecular complexity index is 400. The van der Waals surface area contributed by atoms with Crippen LogP contribution in [0.3, 0.4) is 0 Å². The molecule has 2 heterocycles. The molecule has 0 bridgehead atoms. The summed E-state index contributed by atoms with van der Waals surface area (Å²) in [5.74, 6) is 0.566. The molecule has 1 saturated heterocycles. The van der Waals surface area contributed by atoms with Gasteiger partial charge in [0, 0.05) is 38.6 Å². The number of anilines is 1. The molecule has 0 aliphatic carbocycles. The van der Waals surface area contributed by atoms with Gasteiger partial charge in [-0.25, -0.2) is 14.8 Å². The molecule has 0 aromatic carbocycles. The molecule has 19 heavy (non-hydrogen) atoms. The quantitative estimate of drug-likeness (QED) is 0.766. The van der Waals surface area contributed by atoms with Gasteiger partial charge in [0.05, 0.1) is 12.7 Å². The van der Waals surface area contributed by atoms with Gasteiger partial charge in [-0.1, -0.05) is 0 Å². The molecule has 2 rings (SSSR count). The van der Waals surface area contributed by atoms with E-state index < -0.39 is 0 Å². The predicted octanol–water partition coefficient (Wildman–Crippen LogP) is 0.319. The van der Waals surface area contributed by atoms with Gasteiger partial charge < -0.3 is 20.3 Å². The fourth-order valence-corrected chi connectivity index (χ4v) is 1.85. The number of carbonyl (C=O) groups excluding carboxylic acids is 1. The van der Waals surface area contributed by atoms with Gasteiger partial charge in [-0.15, -0.1) is 0 Å². The third kappa shape index (κ3) is 4.36. The Morgan fingerprint density at radius 1 is 1.47 bits per heavy atom. The molecule has 7 nitrogen and oxygen atoms in total. The van der Waals surface area contributed by atoms with Crippen LogP contribution in [0, 0.1) is 0 Å². The molecule has 0 spiro atoms. The Morgan fingerprint density at radius 2 is 2.26 bits per heavy atom. The molecule has 2 N–H and O–H groups in total. The number of carbonyl (C=O) groups is 1. The molecule has 1 aromatic rings. The van der Waals surface area contributed by atoms with Gasteiger partial charge in [0.15, 0.2) is 0 Å². The highest BCUT2D eigenvalue weighted by Gasteiger charge is 2.20. The highest BCUT2D eigenvalue weighted by Crippen LogP contribution is 2.03. The van der Waals surface area contributed by atoms with Gasteiger partial charge >= 0.3 is 6.03 Å². The van der Waals surface area contributed by atoms with Crippen LogP contribution in [0.15, 0.2) is 18.5 Å². The van der Waals surface area contributed by atoms with Crippen LogP contribution in [0.2, 0.25) is 0 Å². The van der Waals surface area contributed by atoms with Crippen LogP contribution in [-0.4, -0.2) is 59.8 Å². The zero-order valence-electron chi connectivity index (χ0n) is 11.0. The maximum absolute atomic E-state index is 11.9. The second-order valence-corrected chi connectivity index (χ2v) is 4.36. The number of ether oxygens (including phenoxy) is 1. The summed E-state index contributed by atoms with van der Waals surface area (Å²) in [6, 6.07) is 1.71. The molecular weight excluding hydrogens is 246 g/mol. The number of nitrogens with one attached hydrogen (secondary N) is 2. The smallest absolute Gasteiger partial charge is 0.317 e. The van der Waals surface area contributed by atoms with E-state index in [9.17, 15) is 4.79 Å². The molecule has 1 aromatic heterocycles. The molecule has 0 radical (unpaired) electrons. The third-order valence-electron chi connectivity index (χ3n) is 2.78. The molecule has 1 aliphatic rings. The van der Waals surface area contributed by atoms with E-state index in [1.165, 1.54) is 0 Å². The second kappa shape index (κ2) is 6.89. The molecule has 104 valence electrons. The Kier molecular flexibility index (Phi) is 4.91. The minimum absolute atomic E-state index is 0.0501. The molecule has 1 aliphatic heterocycles. The van der Waals surface area contributed by atoms with Crippen molar-refractivity contribution in [1.82, 2.24) is 20.2 Å². The monoisotopic (exact) mass is 265 g/mol. The van der Waals surface area contributed by atoms with Crippen LogP contribution in [0.4, 0.5) is 10.7 Å². The van der Waals surface area contributed by atoms with Crippen LogP contribution in [0.1, 0.15) is 6.92 Å². The minimum atomic E-state index is -0.0501. The van der Waals surface area contributed by atoms with Crippen LogP contribution >= 0.6 is 0 Å². The number of nitrogens with zero attached hydrogens (tertiary/aromatic N) is 3. The standard InChI is InChI=1S/C12H19N5O2/c1-10-9-17(7-8-19-10)12(18)16-6-5-15-11-13-3-2-4-14-11/h2-4,10H,5-9H2,1H3,(H,16,18)(H,13,14,15). The number of urea groups is 1. The van der Waals surface area contributed by atoms with E-state index in [4.69, 9.17) is 4.74 Å². The van der Waals surface area contributed by atoms with Gasteiger partial charge in [-0.05, 0) is 13.0 Å². The maximum atomic E-state index is 11.9. The summed E-state index contributed by atoms with van der Waals surface area (Å²) in [7, 11) is 0. The van der Waals surface area contributed by atoms with Gasteiger partial charge in [0.2, 0.25) is 5.95 Å². The van der Waals surface area contributed by atoms with E-state index in [-0.39, 0.29) is 12.1 Å². The summed E-state index contributed by atoms with van der Waals surface area (Å²) < 4.78 is 5.39. The summed E-state index contributed by atoms with van der Waals surface area (Å²) >= 11 is 0. The number of hydrogen-bond acceptors (Lipinski definition) is 5. The fourth-order valence-electron chi connectivity index (χ4n) is 1.85. The first-order chi connectivity index (χ1) is 9.25. The van der Waals surface area contributed by atoms with Crippen LogP contribution in [-0.2, 0) is 4.74 Å². The van der Waals surface area contributed by atoms with Crippen LogP contribution in [0.25, 0.3) is 0 Å². The molecule has 0 saturated carbocycles. The van der Waals surface area contributed by atoms with Crippen molar-refractivity contribution in [2.45, 2.75) is 13.0 Å². The van der Waals surface area contributed by atoms with E-state index in [0.717, 1.165) is 0 Å². The summed E-state index contributed by atoms with van der Waals surface area (Å²) in [5.41, 5.74) is 0. The number of morpholine rings is 1. The van der Waals surface area contributed by atoms with Crippen molar-refractivity contribution in [2.75, 3.05) is 38.1 Å². The average Bonchev–Trinajstić information content (AvgIpc) is 2.44. The minimum Gasteiger partial charge on any atom is -0.375 e. The molecule has 7 heteroatoms. The van der Waals surface area contributed by atoms with Gasteiger partial charge in [0.25, 0.3) is 0 Å². The first-order valence-electron chi connectivity index (χ1n) is 6.41. The zero-order valence-corrected chi connectivity index (χ0v) is 11.0. The highest BCUT2D eigenvalue weighted by molar-refractivity contribution is 5.74. The molecule has 1 unspecified atom stereocenters. The Hall–Kier alpha value is -1.89. The number of rotatable bonds is 4. The lowest BCUT2D eigenvalue weighted by molar-refractivity contribution is -0.00340. The van der Waals surface area contributed by atoms with E-state index >= 15 is 0 Å². The van der Waals surface area contributed by atoms with E-state index in [0.29, 0.717) is 38.7 Å². The van der Waals surface area contributed by atoms with Crippen molar-refractivity contribution in [3.63, 3.8) is 0 Å². The summed E-state index contributed by atoms with van der Waals surface area (Å²) in [6.07, 6.45) is 3.45. The van der Waals surface area contributed by atoms with Crippen molar-refractivity contribution in [3.8, 4) is 0 Å². The van der Waals surface area contributed by atoms with Crippen molar-refractivity contribution < 1.29 is 9.53 Å². The lowest BCUT2D eigenvalue weighted by Gasteiger charge is -2.31. The number of hydrogen-bond donors (Lipinski definition) is 2. The summed E-state index contributed by atoms with van der Waals surface area (Å²) in [6.45, 7) is 4.98. The van der Waals surface area contributed by atoms with Gasteiger partial charge in [-0.3, -0.25) is 0 Å². The van der Waals surface area contributed by atoms with Crippen molar-refractivity contribution >= 4 is 12.0 Å². The number of amides is 2. The highest BCUT2D eigenvalue weighted by atomic mass is 16.5. The molecular formula is C12H19N5O2. The lowest BCUT2D eigenvalue weighted by Crippen LogP contribution is -2.49. The van der Waals surface area contributed by atoms with E-state index in [1.54, 1.807) is 23.4 Å². The molecule has 2 amide bonds. The van der Waals surface area contributed by atoms with Gasteiger partial charge in [-0.2, -0.15) is 0 Å². The largest absolute Gasteiger partial charge is 0.375 e. The summed E-state index contributed by atoms with van der Waals surface area (Å²) in [5, 5.41) is 5.89. The molecule has 1 fully saturated rings. The van der Waals surface area contributed by atoms with E-state index in [2.05, 4.69) is 20.6 Å². The fraction of sp³-hybridized carbons (Fsp3) is 0.583. The first kappa shape index (κ1) is 13.5. The van der Waals surface area contributed by atoms with Crippen LogP contribution in [0.5, 0.6) is 0 Å². The van der Waals surface area contributed by atoms with E-state index in [1.807, 2.05) is 6.92 Å². The van der Waals surface area contributed by atoms with Crippen molar-refractivity contribution in [2.24, 2.45) is 0 Å². The molecule has 1 atom stereocenters.